The Labute approximate surface area is 64.8 Å². The van der Waals surface area contributed by atoms with E-state index in [1.54, 1.807) is 6.08 Å². The first-order valence-corrected chi connectivity index (χ1v) is 3.24. The fourth-order valence-corrected chi connectivity index (χ4v) is 0.805. The van der Waals surface area contributed by atoms with Crippen molar-refractivity contribution in [2.45, 2.75) is 6.42 Å². The van der Waals surface area contributed by atoms with Crippen LogP contribution in [0.4, 0.5) is 4.39 Å². The standard InChI is InChI=1S/C9H8FO/c1-2-4-7-5-3-6-8(11)9(7)10/h2-3,6,11H,1,4H2. The fraction of sp³-hybridized carbons (Fsp3) is 0.111. The van der Waals surface area contributed by atoms with Crippen LogP contribution in [0.5, 0.6) is 5.75 Å². The minimum atomic E-state index is -0.604. The molecule has 0 unspecified atom stereocenters. The van der Waals surface area contributed by atoms with Crippen LogP contribution in [-0.2, 0) is 6.42 Å². The molecule has 1 N–H and O–H groups in total. The molecule has 0 aromatic heterocycles. The van der Waals surface area contributed by atoms with Crippen LogP contribution in [0.2, 0.25) is 0 Å². The molecule has 0 aliphatic heterocycles. The molecule has 1 aromatic rings. The normalized spacial score (nSPS) is 9.55. The van der Waals surface area contributed by atoms with Gasteiger partial charge in [0.15, 0.2) is 11.6 Å². The molecule has 0 fully saturated rings. The third kappa shape index (κ3) is 1.58. The summed E-state index contributed by atoms with van der Waals surface area (Å²) in [5, 5.41) is 8.90. The Hall–Kier alpha value is -1.31. The molecule has 1 radical (unpaired) electrons. The van der Waals surface area contributed by atoms with Crippen molar-refractivity contribution in [1.82, 2.24) is 0 Å². The van der Waals surface area contributed by atoms with Crippen molar-refractivity contribution in [2.24, 2.45) is 0 Å². The van der Waals surface area contributed by atoms with Gasteiger partial charge in [-0.15, -0.1) is 6.58 Å². The number of hydrogen-bond donors (Lipinski definition) is 1. The minimum absolute atomic E-state index is 0.333. The summed E-state index contributed by atoms with van der Waals surface area (Å²) in [7, 11) is 0. The van der Waals surface area contributed by atoms with E-state index in [1.807, 2.05) is 0 Å². The van der Waals surface area contributed by atoms with Gasteiger partial charge in [0.2, 0.25) is 0 Å². The lowest BCUT2D eigenvalue weighted by Crippen LogP contribution is -1.87. The quantitative estimate of drug-likeness (QED) is 0.641. The largest absolute Gasteiger partial charge is 0.505 e. The maximum atomic E-state index is 12.9. The maximum Gasteiger partial charge on any atom is 0.168 e. The van der Waals surface area contributed by atoms with Crippen molar-refractivity contribution in [1.29, 1.82) is 0 Å². The molecule has 0 saturated carbocycles. The average Bonchev–Trinajstić information content (AvgIpc) is 1.99. The SMILES string of the molecule is C=CCc1[c]ccc(O)c1F. The Bertz CT molecular complexity index is 268. The van der Waals surface area contributed by atoms with Gasteiger partial charge in [-0.05, 0) is 18.6 Å². The topological polar surface area (TPSA) is 20.2 Å². The van der Waals surface area contributed by atoms with Crippen molar-refractivity contribution in [3.05, 3.63) is 42.2 Å². The second kappa shape index (κ2) is 3.19. The second-order valence-electron chi connectivity index (χ2n) is 2.15. The second-order valence-corrected chi connectivity index (χ2v) is 2.15. The molecule has 0 spiro atoms. The first-order valence-electron chi connectivity index (χ1n) is 3.24. The van der Waals surface area contributed by atoms with Crippen molar-refractivity contribution >= 4 is 0 Å². The Morgan fingerprint density at radius 2 is 2.45 bits per heavy atom. The van der Waals surface area contributed by atoms with E-state index in [4.69, 9.17) is 5.11 Å². The highest BCUT2D eigenvalue weighted by molar-refractivity contribution is 5.29. The van der Waals surface area contributed by atoms with E-state index in [2.05, 4.69) is 12.6 Å². The molecule has 0 amide bonds. The van der Waals surface area contributed by atoms with Gasteiger partial charge in [0.25, 0.3) is 0 Å². The van der Waals surface area contributed by atoms with Gasteiger partial charge in [-0.1, -0.05) is 12.1 Å². The lowest BCUT2D eigenvalue weighted by Gasteiger charge is -1.99. The zero-order chi connectivity index (χ0) is 8.27. The Morgan fingerprint density at radius 3 is 3.09 bits per heavy atom. The Morgan fingerprint density at radius 1 is 1.73 bits per heavy atom. The van der Waals surface area contributed by atoms with Gasteiger partial charge >= 0.3 is 0 Å². The highest BCUT2D eigenvalue weighted by Gasteiger charge is 2.04. The van der Waals surface area contributed by atoms with E-state index in [1.165, 1.54) is 12.1 Å². The zero-order valence-electron chi connectivity index (χ0n) is 5.97. The van der Waals surface area contributed by atoms with E-state index in [9.17, 15) is 4.39 Å². The predicted octanol–water partition coefficient (Wildman–Crippen LogP) is 2.06. The number of phenols is 1. The highest BCUT2D eigenvalue weighted by Crippen LogP contribution is 2.18. The van der Waals surface area contributed by atoms with Gasteiger partial charge in [0.05, 0.1) is 0 Å². The van der Waals surface area contributed by atoms with Crippen LogP contribution in [0.15, 0.2) is 24.8 Å². The van der Waals surface area contributed by atoms with E-state index in [-0.39, 0.29) is 5.75 Å². The molecule has 2 heteroatoms. The van der Waals surface area contributed by atoms with Crippen LogP contribution in [0.3, 0.4) is 0 Å². The van der Waals surface area contributed by atoms with Crippen molar-refractivity contribution < 1.29 is 9.50 Å². The molecule has 0 aliphatic rings. The molecule has 0 aliphatic carbocycles. The monoisotopic (exact) mass is 151 g/mol. The number of phenolic OH excluding ortho intramolecular Hbond substituents is 1. The molecular formula is C9H8FO. The van der Waals surface area contributed by atoms with Gasteiger partial charge in [-0.2, -0.15) is 0 Å². The summed E-state index contributed by atoms with van der Waals surface area (Å²) in [4.78, 5) is 0. The van der Waals surface area contributed by atoms with Crippen molar-refractivity contribution in [3.63, 3.8) is 0 Å². The lowest BCUT2D eigenvalue weighted by atomic mass is 10.1. The van der Waals surface area contributed by atoms with Gasteiger partial charge < -0.3 is 5.11 Å². The van der Waals surface area contributed by atoms with Crippen molar-refractivity contribution in [3.8, 4) is 5.75 Å². The van der Waals surface area contributed by atoms with E-state index in [0.29, 0.717) is 12.0 Å². The number of allylic oxidation sites excluding steroid dienone is 1. The van der Waals surface area contributed by atoms with Crippen LogP contribution in [0, 0.1) is 11.9 Å². The van der Waals surface area contributed by atoms with Crippen LogP contribution < -0.4 is 0 Å². The number of halogens is 1. The highest BCUT2D eigenvalue weighted by atomic mass is 19.1. The van der Waals surface area contributed by atoms with E-state index in [0.717, 1.165) is 0 Å². The third-order valence-corrected chi connectivity index (χ3v) is 1.34. The van der Waals surface area contributed by atoms with Crippen molar-refractivity contribution in [2.75, 3.05) is 0 Å². The summed E-state index contributed by atoms with van der Waals surface area (Å²) in [6, 6.07) is 5.42. The number of aromatic hydroxyl groups is 1. The van der Waals surface area contributed by atoms with Crippen LogP contribution >= 0.6 is 0 Å². The fourth-order valence-electron chi connectivity index (χ4n) is 0.805. The number of hydrogen-bond acceptors (Lipinski definition) is 1. The molecule has 0 heterocycles. The summed E-state index contributed by atoms with van der Waals surface area (Å²) < 4.78 is 12.9. The van der Waals surface area contributed by atoms with Gasteiger partial charge in [0.1, 0.15) is 0 Å². The number of benzene rings is 1. The zero-order valence-corrected chi connectivity index (χ0v) is 5.97. The van der Waals surface area contributed by atoms with Gasteiger partial charge in [-0.25, -0.2) is 4.39 Å². The summed E-state index contributed by atoms with van der Waals surface area (Å²) in [5.74, 6) is -0.937. The third-order valence-electron chi connectivity index (χ3n) is 1.34. The minimum Gasteiger partial charge on any atom is -0.505 e. The molecule has 0 atom stereocenters. The maximum absolute atomic E-state index is 12.9. The van der Waals surface area contributed by atoms with Gasteiger partial charge in [0, 0.05) is 5.56 Å². The summed E-state index contributed by atoms with van der Waals surface area (Å²) in [5.41, 5.74) is 0.347. The first-order chi connectivity index (χ1) is 5.25. The van der Waals surface area contributed by atoms with Crippen LogP contribution in [0.25, 0.3) is 0 Å². The molecule has 1 aromatic carbocycles. The summed E-state index contributed by atoms with van der Waals surface area (Å²) in [6.07, 6.45) is 1.95. The van der Waals surface area contributed by atoms with E-state index < -0.39 is 5.82 Å². The molecule has 0 bridgehead atoms. The molecule has 57 valence electrons. The van der Waals surface area contributed by atoms with Crippen LogP contribution in [0.1, 0.15) is 5.56 Å². The average molecular weight is 151 g/mol. The molecule has 1 nitrogen and oxygen atoms in total. The predicted molar refractivity (Wildman–Crippen MR) is 40.8 cm³/mol. The lowest BCUT2D eigenvalue weighted by molar-refractivity contribution is 0.429. The molecule has 1 rings (SSSR count). The molecule has 0 saturated heterocycles. The smallest absolute Gasteiger partial charge is 0.168 e. The Balaban J connectivity index is 3.05. The molecule has 11 heavy (non-hydrogen) atoms. The Kier molecular flexibility index (Phi) is 2.26. The summed E-state index contributed by atoms with van der Waals surface area (Å²) in [6.45, 7) is 3.46. The number of rotatable bonds is 2. The van der Waals surface area contributed by atoms with Gasteiger partial charge in [-0.3, -0.25) is 0 Å². The first kappa shape index (κ1) is 7.79. The van der Waals surface area contributed by atoms with Crippen LogP contribution in [-0.4, -0.2) is 5.11 Å². The summed E-state index contributed by atoms with van der Waals surface area (Å²) >= 11 is 0. The molecular weight excluding hydrogens is 143 g/mol. The van der Waals surface area contributed by atoms with E-state index >= 15 is 0 Å².